The number of aromatic carboxylic acids is 1. The van der Waals surface area contributed by atoms with Crippen LogP contribution in [0.3, 0.4) is 0 Å². The molecule has 1 aromatic heterocycles. The van der Waals surface area contributed by atoms with Crippen molar-refractivity contribution in [3.63, 3.8) is 0 Å². The molecule has 0 unspecified atom stereocenters. The van der Waals surface area contributed by atoms with Crippen molar-refractivity contribution in [1.82, 2.24) is 9.78 Å². The summed E-state index contributed by atoms with van der Waals surface area (Å²) in [7, 11) is 1.58. The molecule has 0 saturated carbocycles. The van der Waals surface area contributed by atoms with Crippen LogP contribution in [-0.4, -0.2) is 28.0 Å². The first kappa shape index (κ1) is 11.2. The Bertz CT molecular complexity index is 543. The van der Waals surface area contributed by atoms with E-state index in [0.717, 1.165) is 5.75 Å². The number of aromatic nitrogens is 2. The molecule has 88 valence electrons. The molecular weight excluding hydrogens is 220 g/mol. The second-order valence-electron chi connectivity index (χ2n) is 3.59. The van der Waals surface area contributed by atoms with Gasteiger partial charge in [-0.1, -0.05) is 0 Å². The van der Waals surface area contributed by atoms with Crippen LogP contribution < -0.4 is 4.74 Å². The molecule has 0 spiro atoms. The number of carboxylic acid groups (broad SMARTS) is 1. The lowest BCUT2D eigenvalue weighted by molar-refractivity contribution is 0.0686. The lowest BCUT2D eigenvalue weighted by Crippen LogP contribution is -2.09. The summed E-state index contributed by atoms with van der Waals surface area (Å²) in [5.74, 6) is -0.273. The number of carbonyl (C=O) groups is 1. The lowest BCUT2D eigenvalue weighted by atomic mass is 10.2. The van der Waals surface area contributed by atoms with Gasteiger partial charge in [-0.3, -0.25) is 0 Å². The molecule has 2 aromatic rings. The molecule has 2 rings (SSSR count). The molecule has 0 saturated heterocycles. The van der Waals surface area contributed by atoms with Crippen molar-refractivity contribution in [3.05, 3.63) is 41.7 Å². The molecule has 0 aliphatic carbocycles. The standard InChI is InChI=1S/C12H12N2O3/c1-8-7-13-14(11(8)12(15)16)9-3-5-10(17-2)6-4-9/h3-7H,1-2H3,(H,15,16). The van der Waals surface area contributed by atoms with Crippen molar-refractivity contribution in [2.45, 2.75) is 6.92 Å². The smallest absolute Gasteiger partial charge is 0.354 e. The Morgan fingerprint density at radius 1 is 1.35 bits per heavy atom. The Hall–Kier alpha value is -2.30. The lowest BCUT2D eigenvalue weighted by Gasteiger charge is -2.06. The van der Waals surface area contributed by atoms with Crippen LogP contribution in [0.5, 0.6) is 5.75 Å². The highest BCUT2D eigenvalue weighted by molar-refractivity contribution is 5.88. The molecule has 5 heteroatoms. The maximum absolute atomic E-state index is 11.1. The number of nitrogens with zero attached hydrogens (tertiary/aromatic N) is 2. The van der Waals surface area contributed by atoms with E-state index in [1.54, 1.807) is 38.3 Å². The van der Waals surface area contributed by atoms with Gasteiger partial charge in [0.2, 0.25) is 0 Å². The van der Waals surface area contributed by atoms with Crippen LogP contribution in [0.1, 0.15) is 16.1 Å². The molecular formula is C12H12N2O3. The molecule has 1 heterocycles. The molecule has 1 aromatic carbocycles. The fourth-order valence-electron chi connectivity index (χ4n) is 1.61. The van der Waals surface area contributed by atoms with Crippen LogP contribution in [0, 0.1) is 6.92 Å². The Morgan fingerprint density at radius 3 is 2.53 bits per heavy atom. The summed E-state index contributed by atoms with van der Waals surface area (Å²) >= 11 is 0. The van der Waals surface area contributed by atoms with Gasteiger partial charge < -0.3 is 9.84 Å². The second kappa shape index (κ2) is 4.29. The average molecular weight is 232 g/mol. The predicted octanol–water partition coefficient (Wildman–Crippen LogP) is 1.89. The van der Waals surface area contributed by atoms with Gasteiger partial charge in [-0.2, -0.15) is 5.10 Å². The third-order valence-corrected chi connectivity index (χ3v) is 2.47. The second-order valence-corrected chi connectivity index (χ2v) is 3.59. The summed E-state index contributed by atoms with van der Waals surface area (Å²) in [5.41, 5.74) is 1.50. The summed E-state index contributed by atoms with van der Waals surface area (Å²) in [6.07, 6.45) is 1.54. The van der Waals surface area contributed by atoms with Gasteiger partial charge >= 0.3 is 5.97 Å². The highest BCUT2D eigenvalue weighted by atomic mass is 16.5. The Labute approximate surface area is 98.3 Å². The van der Waals surface area contributed by atoms with Crippen LogP contribution in [0.15, 0.2) is 30.5 Å². The van der Waals surface area contributed by atoms with Gasteiger partial charge in [0, 0.05) is 5.56 Å². The quantitative estimate of drug-likeness (QED) is 0.877. The van der Waals surface area contributed by atoms with Crippen LogP contribution in [0.2, 0.25) is 0 Å². The first-order valence-electron chi connectivity index (χ1n) is 5.06. The zero-order chi connectivity index (χ0) is 12.4. The minimum atomic E-state index is -0.990. The maximum atomic E-state index is 11.1. The normalized spacial score (nSPS) is 10.2. The van der Waals surface area contributed by atoms with E-state index in [1.807, 2.05) is 0 Å². The third-order valence-electron chi connectivity index (χ3n) is 2.47. The Balaban J connectivity index is 2.49. The van der Waals surface area contributed by atoms with E-state index in [4.69, 9.17) is 9.84 Å². The minimum Gasteiger partial charge on any atom is -0.497 e. The van der Waals surface area contributed by atoms with Gasteiger partial charge in [0.15, 0.2) is 5.69 Å². The van der Waals surface area contributed by atoms with E-state index in [9.17, 15) is 4.79 Å². The van der Waals surface area contributed by atoms with Crippen LogP contribution in [-0.2, 0) is 0 Å². The molecule has 0 radical (unpaired) electrons. The summed E-state index contributed by atoms with van der Waals surface area (Å²) < 4.78 is 6.44. The van der Waals surface area contributed by atoms with Gasteiger partial charge in [0.25, 0.3) is 0 Å². The zero-order valence-electron chi connectivity index (χ0n) is 9.54. The molecule has 5 nitrogen and oxygen atoms in total. The number of aryl methyl sites for hydroxylation is 1. The molecule has 0 bridgehead atoms. The first-order valence-corrected chi connectivity index (χ1v) is 5.06. The monoisotopic (exact) mass is 232 g/mol. The average Bonchev–Trinajstić information content (AvgIpc) is 2.71. The van der Waals surface area contributed by atoms with E-state index >= 15 is 0 Å². The number of ether oxygens (including phenoxy) is 1. The summed E-state index contributed by atoms with van der Waals surface area (Å²) in [6, 6.07) is 7.05. The van der Waals surface area contributed by atoms with Crippen LogP contribution >= 0.6 is 0 Å². The van der Waals surface area contributed by atoms with Gasteiger partial charge in [0.1, 0.15) is 5.75 Å². The van der Waals surface area contributed by atoms with E-state index in [1.165, 1.54) is 10.9 Å². The van der Waals surface area contributed by atoms with Crippen molar-refractivity contribution in [3.8, 4) is 11.4 Å². The molecule has 0 amide bonds. The molecule has 0 fully saturated rings. The van der Waals surface area contributed by atoms with Gasteiger partial charge in [-0.25, -0.2) is 9.48 Å². The Kier molecular flexibility index (Phi) is 2.82. The van der Waals surface area contributed by atoms with Crippen molar-refractivity contribution in [2.24, 2.45) is 0 Å². The highest BCUT2D eigenvalue weighted by Gasteiger charge is 2.15. The molecule has 17 heavy (non-hydrogen) atoms. The fourth-order valence-corrected chi connectivity index (χ4v) is 1.61. The van der Waals surface area contributed by atoms with Crippen molar-refractivity contribution in [2.75, 3.05) is 7.11 Å². The molecule has 0 aliphatic heterocycles. The summed E-state index contributed by atoms with van der Waals surface area (Å²) in [5, 5.41) is 13.2. The Morgan fingerprint density at radius 2 is 2.00 bits per heavy atom. The van der Waals surface area contributed by atoms with Crippen molar-refractivity contribution < 1.29 is 14.6 Å². The minimum absolute atomic E-state index is 0.176. The van der Waals surface area contributed by atoms with E-state index in [2.05, 4.69) is 5.10 Å². The van der Waals surface area contributed by atoms with Gasteiger partial charge in [0.05, 0.1) is 19.0 Å². The SMILES string of the molecule is COc1ccc(-n2ncc(C)c2C(=O)O)cc1. The van der Waals surface area contributed by atoms with Gasteiger partial charge in [-0.05, 0) is 31.2 Å². The number of rotatable bonds is 3. The molecule has 1 N–H and O–H groups in total. The summed E-state index contributed by atoms with van der Waals surface area (Å²) in [6.45, 7) is 1.72. The molecule has 0 atom stereocenters. The fraction of sp³-hybridized carbons (Fsp3) is 0.167. The number of benzene rings is 1. The number of hydrogen-bond donors (Lipinski definition) is 1. The largest absolute Gasteiger partial charge is 0.497 e. The number of hydrogen-bond acceptors (Lipinski definition) is 3. The predicted molar refractivity (Wildman–Crippen MR) is 61.8 cm³/mol. The van der Waals surface area contributed by atoms with E-state index in [0.29, 0.717) is 11.3 Å². The van der Waals surface area contributed by atoms with Crippen molar-refractivity contribution >= 4 is 5.97 Å². The summed E-state index contributed by atoms with van der Waals surface area (Å²) in [4.78, 5) is 11.1. The maximum Gasteiger partial charge on any atom is 0.354 e. The topological polar surface area (TPSA) is 64.4 Å². The van der Waals surface area contributed by atoms with Crippen molar-refractivity contribution in [1.29, 1.82) is 0 Å². The van der Waals surface area contributed by atoms with Crippen LogP contribution in [0.25, 0.3) is 5.69 Å². The van der Waals surface area contributed by atoms with E-state index < -0.39 is 5.97 Å². The number of methoxy groups -OCH3 is 1. The van der Waals surface area contributed by atoms with Crippen LogP contribution in [0.4, 0.5) is 0 Å². The highest BCUT2D eigenvalue weighted by Crippen LogP contribution is 2.17. The third kappa shape index (κ3) is 1.99. The molecule has 0 aliphatic rings. The number of carboxylic acids is 1. The van der Waals surface area contributed by atoms with Gasteiger partial charge in [-0.15, -0.1) is 0 Å². The first-order chi connectivity index (χ1) is 8.13. The van der Waals surface area contributed by atoms with E-state index in [-0.39, 0.29) is 5.69 Å². The zero-order valence-corrected chi connectivity index (χ0v) is 9.54.